The smallest absolute Gasteiger partial charge is 0.159 e. The minimum atomic E-state index is -0.858. The summed E-state index contributed by atoms with van der Waals surface area (Å²) in [5, 5.41) is 0. The van der Waals surface area contributed by atoms with Crippen LogP contribution in [0.3, 0.4) is 0 Å². The SMILES string of the molecule is CC(=O)CN(C)Cc1ccc(F)c(F)c1. The Bertz CT molecular complexity index is 366. The number of carbonyl (C=O) groups excluding carboxylic acids is 1. The normalized spacial score (nSPS) is 10.7. The van der Waals surface area contributed by atoms with E-state index in [0.717, 1.165) is 12.1 Å². The van der Waals surface area contributed by atoms with Gasteiger partial charge in [-0.05, 0) is 31.7 Å². The van der Waals surface area contributed by atoms with E-state index in [2.05, 4.69) is 0 Å². The number of ketones is 1. The van der Waals surface area contributed by atoms with Crippen molar-refractivity contribution in [3.8, 4) is 0 Å². The Hall–Kier alpha value is -1.29. The van der Waals surface area contributed by atoms with Gasteiger partial charge in [0.1, 0.15) is 5.78 Å². The molecule has 0 bridgehead atoms. The fourth-order valence-electron chi connectivity index (χ4n) is 1.39. The second kappa shape index (κ2) is 4.98. The lowest BCUT2D eigenvalue weighted by Gasteiger charge is -2.14. The second-order valence-electron chi connectivity index (χ2n) is 3.62. The van der Waals surface area contributed by atoms with Gasteiger partial charge in [-0.2, -0.15) is 0 Å². The molecule has 0 N–H and O–H groups in total. The van der Waals surface area contributed by atoms with Crippen molar-refractivity contribution in [2.75, 3.05) is 13.6 Å². The molecule has 2 nitrogen and oxygen atoms in total. The lowest BCUT2D eigenvalue weighted by molar-refractivity contribution is -0.117. The van der Waals surface area contributed by atoms with E-state index in [0.29, 0.717) is 18.7 Å². The lowest BCUT2D eigenvalue weighted by atomic mass is 10.2. The minimum Gasteiger partial charge on any atom is -0.299 e. The highest BCUT2D eigenvalue weighted by atomic mass is 19.2. The second-order valence-corrected chi connectivity index (χ2v) is 3.62. The average Bonchev–Trinajstić information content (AvgIpc) is 2.10. The fourth-order valence-corrected chi connectivity index (χ4v) is 1.39. The van der Waals surface area contributed by atoms with Crippen LogP contribution < -0.4 is 0 Å². The molecular formula is C11H13F2NO. The van der Waals surface area contributed by atoms with E-state index in [1.165, 1.54) is 13.0 Å². The van der Waals surface area contributed by atoms with Gasteiger partial charge < -0.3 is 0 Å². The molecule has 4 heteroatoms. The number of halogens is 2. The standard InChI is InChI=1S/C11H13F2NO/c1-8(15)6-14(2)7-9-3-4-10(12)11(13)5-9/h3-5H,6-7H2,1-2H3. The summed E-state index contributed by atoms with van der Waals surface area (Å²) < 4.78 is 25.4. The number of Topliss-reactive ketones (excluding diaryl/α,β-unsaturated/α-hetero) is 1. The molecule has 0 saturated carbocycles. The Kier molecular flexibility index (Phi) is 3.91. The maximum atomic E-state index is 12.8. The monoisotopic (exact) mass is 213 g/mol. The third-order valence-electron chi connectivity index (χ3n) is 1.93. The Morgan fingerprint density at radius 2 is 2.00 bits per heavy atom. The first kappa shape index (κ1) is 11.8. The van der Waals surface area contributed by atoms with Crippen LogP contribution in [0.25, 0.3) is 0 Å². The highest BCUT2D eigenvalue weighted by Crippen LogP contribution is 2.10. The summed E-state index contributed by atoms with van der Waals surface area (Å²) in [5.74, 6) is -1.67. The maximum absolute atomic E-state index is 12.8. The van der Waals surface area contributed by atoms with E-state index in [9.17, 15) is 13.6 Å². The van der Waals surface area contributed by atoms with Gasteiger partial charge in [0.2, 0.25) is 0 Å². The Morgan fingerprint density at radius 1 is 1.33 bits per heavy atom. The summed E-state index contributed by atoms with van der Waals surface area (Å²) in [5.41, 5.74) is 0.651. The minimum absolute atomic E-state index is 0.0417. The first-order chi connectivity index (χ1) is 6.99. The van der Waals surface area contributed by atoms with Crippen molar-refractivity contribution < 1.29 is 13.6 Å². The van der Waals surface area contributed by atoms with Crippen molar-refractivity contribution in [1.82, 2.24) is 4.90 Å². The highest BCUT2D eigenvalue weighted by molar-refractivity contribution is 5.77. The topological polar surface area (TPSA) is 20.3 Å². The molecule has 0 aliphatic rings. The third-order valence-corrected chi connectivity index (χ3v) is 1.93. The molecule has 0 spiro atoms. The number of likely N-dealkylation sites (N-methyl/N-ethyl adjacent to an activating group) is 1. The van der Waals surface area contributed by atoms with Crippen molar-refractivity contribution >= 4 is 5.78 Å². The van der Waals surface area contributed by atoms with Gasteiger partial charge in [-0.15, -0.1) is 0 Å². The van der Waals surface area contributed by atoms with Crippen LogP contribution in [-0.4, -0.2) is 24.3 Å². The number of rotatable bonds is 4. The molecule has 15 heavy (non-hydrogen) atoms. The van der Waals surface area contributed by atoms with E-state index >= 15 is 0 Å². The van der Waals surface area contributed by atoms with Crippen molar-refractivity contribution in [3.05, 3.63) is 35.4 Å². The molecule has 0 unspecified atom stereocenters. The first-order valence-corrected chi connectivity index (χ1v) is 4.61. The van der Waals surface area contributed by atoms with Crippen LogP contribution in [0.1, 0.15) is 12.5 Å². The van der Waals surface area contributed by atoms with Crippen LogP contribution in [0.4, 0.5) is 8.78 Å². The molecule has 1 aromatic carbocycles. The van der Waals surface area contributed by atoms with Crippen LogP contribution in [0.2, 0.25) is 0 Å². The van der Waals surface area contributed by atoms with Crippen molar-refractivity contribution in [2.24, 2.45) is 0 Å². The number of benzene rings is 1. The molecular weight excluding hydrogens is 200 g/mol. The Balaban J connectivity index is 2.64. The lowest BCUT2D eigenvalue weighted by Crippen LogP contribution is -2.23. The summed E-state index contributed by atoms with van der Waals surface area (Å²) in [7, 11) is 1.75. The van der Waals surface area contributed by atoms with Crippen LogP contribution in [0, 0.1) is 11.6 Å². The fraction of sp³-hybridized carbons (Fsp3) is 0.364. The average molecular weight is 213 g/mol. The predicted octanol–water partition coefficient (Wildman–Crippen LogP) is 1.99. The number of hydrogen-bond acceptors (Lipinski definition) is 2. The van der Waals surface area contributed by atoms with Gasteiger partial charge in [-0.3, -0.25) is 9.69 Å². The summed E-state index contributed by atoms with van der Waals surface area (Å²) >= 11 is 0. The van der Waals surface area contributed by atoms with Crippen molar-refractivity contribution in [3.63, 3.8) is 0 Å². The third kappa shape index (κ3) is 3.75. The van der Waals surface area contributed by atoms with Gasteiger partial charge in [0.15, 0.2) is 11.6 Å². The van der Waals surface area contributed by atoms with Crippen LogP contribution in [0.5, 0.6) is 0 Å². The Morgan fingerprint density at radius 3 is 2.53 bits per heavy atom. The predicted molar refractivity (Wildman–Crippen MR) is 53.4 cm³/mol. The summed E-state index contributed by atoms with van der Waals surface area (Å²) in [4.78, 5) is 12.5. The molecule has 0 aliphatic heterocycles. The van der Waals surface area contributed by atoms with E-state index in [-0.39, 0.29) is 5.78 Å². The van der Waals surface area contributed by atoms with Crippen molar-refractivity contribution in [2.45, 2.75) is 13.5 Å². The number of nitrogens with zero attached hydrogens (tertiary/aromatic N) is 1. The number of carbonyl (C=O) groups is 1. The van der Waals surface area contributed by atoms with Crippen LogP contribution >= 0.6 is 0 Å². The van der Waals surface area contributed by atoms with Gasteiger partial charge in [0, 0.05) is 6.54 Å². The molecule has 0 heterocycles. The van der Waals surface area contributed by atoms with E-state index < -0.39 is 11.6 Å². The molecule has 0 fully saturated rings. The molecule has 0 atom stereocenters. The van der Waals surface area contributed by atoms with Crippen LogP contribution in [-0.2, 0) is 11.3 Å². The quantitative estimate of drug-likeness (QED) is 0.762. The zero-order valence-electron chi connectivity index (χ0n) is 8.76. The van der Waals surface area contributed by atoms with Crippen molar-refractivity contribution in [1.29, 1.82) is 0 Å². The Labute approximate surface area is 87.5 Å². The largest absolute Gasteiger partial charge is 0.299 e. The molecule has 1 aromatic rings. The van der Waals surface area contributed by atoms with Gasteiger partial charge >= 0.3 is 0 Å². The molecule has 1 rings (SSSR count). The zero-order chi connectivity index (χ0) is 11.4. The van der Waals surface area contributed by atoms with Gasteiger partial charge in [0.25, 0.3) is 0 Å². The molecule has 82 valence electrons. The first-order valence-electron chi connectivity index (χ1n) is 4.61. The molecule has 0 amide bonds. The highest BCUT2D eigenvalue weighted by Gasteiger charge is 2.06. The van der Waals surface area contributed by atoms with Gasteiger partial charge in [-0.25, -0.2) is 8.78 Å². The zero-order valence-corrected chi connectivity index (χ0v) is 8.76. The summed E-state index contributed by atoms with van der Waals surface area (Å²) in [6.45, 7) is 2.22. The van der Waals surface area contributed by atoms with Crippen LogP contribution in [0.15, 0.2) is 18.2 Å². The number of hydrogen-bond donors (Lipinski definition) is 0. The van der Waals surface area contributed by atoms with E-state index in [4.69, 9.17) is 0 Å². The van der Waals surface area contributed by atoms with E-state index in [1.807, 2.05) is 0 Å². The van der Waals surface area contributed by atoms with E-state index in [1.54, 1.807) is 11.9 Å². The maximum Gasteiger partial charge on any atom is 0.159 e. The van der Waals surface area contributed by atoms with Gasteiger partial charge in [-0.1, -0.05) is 6.07 Å². The molecule has 0 saturated heterocycles. The van der Waals surface area contributed by atoms with Gasteiger partial charge in [0.05, 0.1) is 6.54 Å². The summed E-state index contributed by atoms with van der Waals surface area (Å²) in [6.07, 6.45) is 0. The molecule has 0 aromatic heterocycles. The summed E-state index contributed by atoms with van der Waals surface area (Å²) in [6, 6.07) is 3.74. The molecule has 0 aliphatic carbocycles. The molecule has 0 radical (unpaired) electrons.